The van der Waals surface area contributed by atoms with E-state index >= 15 is 0 Å². The molecular weight excluding hydrogens is 674 g/mol. The standard InChI is InChI=1S/C34H46ClN5O8S/c1-23(2)48-21-20-40(32(43)30(34(46)47)49-22-14-37-29(41)12-11-28(36)33(44)45)27-9-5-25(6-10-27)31(42)39-18-16-38(17-19-39)15-13-24-3-7-26(35)8-4-24/h3-10,23,28,30H,11-22,36H2,1-2H3,(H,37,41)(H,44,45)(H,46,47)/t28-,30?/m1/s1. The maximum atomic E-state index is 13.6. The maximum Gasteiger partial charge on any atom is 0.326 e. The van der Waals surface area contributed by atoms with Crippen molar-refractivity contribution in [2.24, 2.45) is 5.73 Å². The number of amides is 3. The van der Waals surface area contributed by atoms with Crippen LogP contribution in [0.25, 0.3) is 0 Å². The number of benzene rings is 2. The molecule has 1 heterocycles. The summed E-state index contributed by atoms with van der Waals surface area (Å²) in [6, 6.07) is 13.2. The van der Waals surface area contributed by atoms with E-state index in [0.717, 1.165) is 37.8 Å². The number of carbonyl (C=O) groups excluding carboxylic acids is 3. The Labute approximate surface area is 296 Å². The highest BCUT2D eigenvalue weighted by atomic mass is 35.5. The van der Waals surface area contributed by atoms with Crippen molar-refractivity contribution in [2.75, 3.05) is 63.1 Å². The van der Waals surface area contributed by atoms with Gasteiger partial charge in [0.25, 0.3) is 11.8 Å². The number of carboxylic acid groups (broad SMARTS) is 2. The van der Waals surface area contributed by atoms with Crippen molar-refractivity contribution in [3.63, 3.8) is 0 Å². The van der Waals surface area contributed by atoms with E-state index in [4.69, 9.17) is 27.2 Å². The summed E-state index contributed by atoms with van der Waals surface area (Å²) < 4.78 is 5.65. The van der Waals surface area contributed by atoms with Gasteiger partial charge in [-0.25, -0.2) is 0 Å². The largest absolute Gasteiger partial charge is 0.480 e. The van der Waals surface area contributed by atoms with Crippen molar-refractivity contribution < 1.29 is 38.9 Å². The van der Waals surface area contributed by atoms with Gasteiger partial charge in [-0.05, 0) is 68.7 Å². The Hall–Kier alpha value is -3.69. The third kappa shape index (κ3) is 13.3. The number of hydrogen-bond acceptors (Lipinski definition) is 9. The summed E-state index contributed by atoms with van der Waals surface area (Å²) >= 11 is 6.85. The van der Waals surface area contributed by atoms with E-state index in [-0.39, 0.29) is 50.3 Å². The normalized spacial score (nSPS) is 14.7. The van der Waals surface area contributed by atoms with Crippen LogP contribution in [0, 0.1) is 0 Å². The fraction of sp³-hybridized carbons (Fsp3) is 0.500. The van der Waals surface area contributed by atoms with Crippen LogP contribution in [0.3, 0.4) is 0 Å². The lowest BCUT2D eigenvalue weighted by Gasteiger charge is -2.35. The molecule has 3 amide bonds. The number of carbonyl (C=O) groups is 5. The quantitative estimate of drug-likeness (QED) is 0.124. The van der Waals surface area contributed by atoms with Gasteiger partial charge < -0.3 is 35.8 Å². The van der Waals surface area contributed by atoms with Crippen molar-refractivity contribution in [3.05, 3.63) is 64.7 Å². The zero-order valence-corrected chi connectivity index (χ0v) is 29.5. The Balaban J connectivity index is 1.58. The Bertz CT molecular complexity index is 1400. The van der Waals surface area contributed by atoms with Gasteiger partial charge in [0.1, 0.15) is 6.04 Å². The van der Waals surface area contributed by atoms with Gasteiger partial charge in [0, 0.05) is 74.3 Å². The van der Waals surface area contributed by atoms with Crippen LogP contribution in [0.5, 0.6) is 0 Å². The number of anilines is 1. The Morgan fingerprint density at radius 2 is 1.63 bits per heavy atom. The predicted octanol–water partition coefficient (Wildman–Crippen LogP) is 2.59. The number of nitrogens with zero attached hydrogens (tertiary/aromatic N) is 3. The van der Waals surface area contributed by atoms with Crippen LogP contribution in [0.15, 0.2) is 48.5 Å². The van der Waals surface area contributed by atoms with Crippen molar-refractivity contribution in [1.82, 2.24) is 15.1 Å². The van der Waals surface area contributed by atoms with Crippen molar-refractivity contribution in [2.45, 2.75) is 50.5 Å². The molecule has 0 saturated carbocycles. The molecule has 49 heavy (non-hydrogen) atoms. The highest BCUT2D eigenvalue weighted by molar-refractivity contribution is 8.01. The molecule has 15 heteroatoms. The van der Waals surface area contributed by atoms with Gasteiger partial charge in [0.2, 0.25) is 5.91 Å². The number of halogens is 1. The summed E-state index contributed by atoms with van der Waals surface area (Å²) in [4.78, 5) is 67.4. The molecule has 0 spiro atoms. The van der Waals surface area contributed by atoms with E-state index in [9.17, 15) is 29.1 Å². The first-order chi connectivity index (χ1) is 23.3. The fourth-order valence-electron chi connectivity index (χ4n) is 5.08. The maximum absolute atomic E-state index is 13.6. The zero-order chi connectivity index (χ0) is 35.9. The van der Waals surface area contributed by atoms with E-state index < -0.39 is 35.0 Å². The summed E-state index contributed by atoms with van der Waals surface area (Å²) in [5.74, 6) is -3.62. The second-order valence-corrected chi connectivity index (χ2v) is 13.5. The van der Waals surface area contributed by atoms with Gasteiger partial charge in [0.15, 0.2) is 5.25 Å². The van der Waals surface area contributed by atoms with Crippen LogP contribution in [-0.2, 0) is 30.3 Å². The van der Waals surface area contributed by atoms with Crippen LogP contribution in [0.1, 0.15) is 42.6 Å². The molecule has 1 unspecified atom stereocenters. The minimum absolute atomic E-state index is 0.0369. The topological polar surface area (TPSA) is 183 Å². The molecule has 3 rings (SSSR count). The average Bonchev–Trinajstić information content (AvgIpc) is 3.08. The monoisotopic (exact) mass is 719 g/mol. The number of carboxylic acids is 2. The molecule has 2 atom stereocenters. The molecule has 0 radical (unpaired) electrons. The Morgan fingerprint density at radius 1 is 0.980 bits per heavy atom. The number of thioether (sulfide) groups is 1. The Kier molecular flexibility index (Phi) is 16.3. The molecular formula is C34H46ClN5O8S. The first kappa shape index (κ1) is 39.7. The average molecular weight is 720 g/mol. The van der Waals surface area contributed by atoms with E-state index in [1.54, 1.807) is 24.3 Å². The minimum Gasteiger partial charge on any atom is -0.480 e. The van der Waals surface area contributed by atoms with Gasteiger partial charge in [0.05, 0.1) is 12.7 Å². The number of aliphatic carboxylic acids is 2. The summed E-state index contributed by atoms with van der Waals surface area (Å²) in [5.41, 5.74) is 7.52. The SMILES string of the molecule is CC(C)OCCN(C(=O)C(SCCNC(=O)CC[C@@H](N)C(=O)O)C(=O)O)c1ccc(C(=O)N2CCN(CCc3ccc(Cl)cc3)CC2)cc1. The molecule has 1 aliphatic heterocycles. The van der Waals surface area contributed by atoms with Gasteiger partial charge in [-0.2, -0.15) is 0 Å². The van der Waals surface area contributed by atoms with Crippen LogP contribution in [0.2, 0.25) is 5.02 Å². The number of rotatable bonds is 19. The van der Waals surface area contributed by atoms with Crippen LogP contribution >= 0.6 is 23.4 Å². The number of nitrogens with two attached hydrogens (primary N) is 1. The third-order valence-electron chi connectivity index (χ3n) is 7.90. The smallest absolute Gasteiger partial charge is 0.326 e. The zero-order valence-electron chi connectivity index (χ0n) is 27.9. The van der Waals surface area contributed by atoms with Crippen LogP contribution in [0.4, 0.5) is 5.69 Å². The lowest BCUT2D eigenvalue weighted by atomic mass is 10.1. The molecule has 0 aromatic heterocycles. The van der Waals surface area contributed by atoms with Gasteiger partial charge in [-0.1, -0.05) is 23.7 Å². The molecule has 268 valence electrons. The van der Waals surface area contributed by atoms with Crippen molar-refractivity contribution in [1.29, 1.82) is 0 Å². The second-order valence-electron chi connectivity index (χ2n) is 11.9. The van der Waals surface area contributed by atoms with E-state index in [0.29, 0.717) is 29.4 Å². The van der Waals surface area contributed by atoms with Gasteiger partial charge in [-0.3, -0.25) is 28.9 Å². The molecule has 2 aromatic rings. The molecule has 2 aromatic carbocycles. The number of nitrogens with one attached hydrogen (secondary N) is 1. The molecule has 1 aliphatic rings. The predicted molar refractivity (Wildman–Crippen MR) is 189 cm³/mol. The summed E-state index contributed by atoms with van der Waals surface area (Å²) in [6.07, 6.45) is 0.662. The lowest BCUT2D eigenvalue weighted by molar-refractivity contribution is -0.140. The first-order valence-electron chi connectivity index (χ1n) is 16.2. The van der Waals surface area contributed by atoms with Crippen molar-refractivity contribution >= 4 is 58.7 Å². The molecule has 0 bridgehead atoms. The second kappa shape index (κ2) is 20.1. The Morgan fingerprint density at radius 3 is 2.22 bits per heavy atom. The molecule has 0 aliphatic carbocycles. The fourth-order valence-corrected chi connectivity index (χ4v) is 6.08. The molecule has 1 saturated heterocycles. The third-order valence-corrected chi connectivity index (χ3v) is 9.33. The minimum atomic E-state index is -1.46. The van der Waals surface area contributed by atoms with Crippen LogP contribution < -0.4 is 16.0 Å². The van der Waals surface area contributed by atoms with E-state index in [1.807, 2.05) is 43.0 Å². The summed E-state index contributed by atoms with van der Waals surface area (Å²) in [6.45, 7) is 7.61. The van der Waals surface area contributed by atoms with Crippen LogP contribution in [-0.4, -0.2) is 125 Å². The highest BCUT2D eigenvalue weighted by Crippen LogP contribution is 2.22. The van der Waals surface area contributed by atoms with E-state index in [2.05, 4.69) is 10.2 Å². The highest BCUT2D eigenvalue weighted by Gasteiger charge is 2.32. The van der Waals surface area contributed by atoms with E-state index in [1.165, 1.54) is 10.5 Å². The number of hydrogen-bond donors (Lipinski definition) is 4. The van der Waals surface area contributed by atoms with Crippen molar-refractivity contribution in [3.8, 4) is 0 Å². The molecule has 1 fully saturated rings. The van der Waals surface area contributed by atoms with Gasteiger partial charge in [-0.15, -0.1) is 11.8 Å². The molecule has 13 nitrogen and oxygen atoms in total. The lowest BCUT2D eigenvalue weighted by Crippen LogP contribution is -2.49. The molecule has 5 N–H and O–H groups in total. The number of piperazine rings is 1. The summed E-state index contributed by atoms with van der Waals surface area (Å²) in [5, 5.41) is 20.6. The number of ether oxygens (including phenoxy) is 1. The first-order valence-corrected chi connectivity index (χ1v) is 17.7. The summed E-state index contributed by atoms with van der Waals surface area (Å²) in [7, 11) is 0. The van der Waals surface area contributed by atoms with Gasteiger partial charge >= 0.3 is 11.9 Å².